The number of fused-ring (bicyclic) bond motifs is 2. The van der Waals surface area contributed by atoms with Gasteiger partial charge in [-0.3, -0.25) is 9.59 Å². The van der Waals surface area contributed by atoms with E-state index in [9.17, 15) is 19.8 Å². The summed E-state index contributed by atoms with van der Waals surface area (Å²) in [6.07, 6.45) is 2.22. The molecule has 0 bridgehead atoms. The van der Waals surface area contributed by atoms with Crippen LogP contribution in [0.1, 0.15) is 32.6 Å². The van der Waals surface area contributed by atoms with Crippen LogP contribution in [0, 0.1) is 29.6 Å². The molecule has 2 saturated carbocycles. The molecule has 0 aromatic heterocycles. The van der Waals surface area contributed by atoms with Crippen molar-refractivity contribution in [1.29, 1.82) is 0 Å². The average molecular weight is 268 g/mol. The van der Waals surface area contributed by atoms with Crippen molar-refractivity contribution >= 4 is 11.9 Å². The topological polar surface area (TPSA) is 83.8 Å². The van der Waals surface area contributed by atoms with Gasteiger partial charge in [-0.1, -0.05) is 6.42 Å². The zero-order valence-corrected chi connectivity index (χ0v) is 11.0. The number of esters is 1. The quantitative estimate of drug-likeness (QED) is 0.694. The molecule has 0 spiro atoms. The van der Waals surface area contributed by atoms with Gasteiger partial charge in [0.1, 0.15) is 6.10 Å². The Hall–Kier alpha value is -1.10. The third-order valence-electron chi connectivity index (χ3n) is 5.38. The van der Waals surface area contributed by atoms with Crippen LogP contribution in [0.25, 0.3) is 0 Å². The first-order valence-corrected chi connectivity index (χ1v) is 7.12. The third kappa shape index (κ3) is 1.86. The normalized spacial score (nSPS) is 49.2. The average Bonchev–Trinajstić information content (AvgIpc) is 2.63. The van der Waals surface area contributed by atoms with Gasteiger partial charge in [0, 0.05) is 5.92 Å². The molecule has 0 amide bonds. The molecule has 5 nitrogen and oxygen atoms in total. The molecule has 106 valence electrons. The highest BCUT2D eigenvalue weighted by Gasteiger charge is 2.58. The van der Waals surface area contributed by atoms with Gasteiger partial charge in [0.25, 0.3) is 0 Å². The van der Waals surface area contributed by atoms with E-state index in [2.05, 4.69) is 0 Å². The van der Waals surface area contributed by atoms with Gasteiger partial charge in [-0.15, -0.1) is 0 Å². The summed E-state index contributed by atoms with van der Waals surface area (Å²) in [5, 5.41) is 19.7. The number of carboxylic acid groups (broad SMARTS) is 1. The molecule has 2 N–H and O–H groups in total. The van der Waals surface area contributed by atoms with Gasteiger partial charge in [-0.25, -0.2) is 0 Å². The fourth-order valence-corrected chi connectivity index (χ4v) is 4.61. The van der Waals surface area contributed by atoms with E-state index in [0.29, 0.717) is 6.42 Å². The smallest absolute Gasteiger partial charge is 0.309 e. The molecule has 3 fully saturated rings. The van der Waals surface area contributed by atoms with E-state index in [1.54, 1.807) is 6.92 Å². The highest BCUT2D eigenvalue weighted by atomic mass is 16.6. The van der Waals surface area contributed by atoms with Crippen molar-refractivity contribution in [2.75, 3.05) is 0 Å². The van der Waals surface area contributed by atoms with Crippen molar-refractivity contribution in [2.24, 2.45) is 29.6 Å². The predicted molar refractivity (Wildman–Crippen MR) is 65.1 cm³/mol. The molecule has 1 saturated heterocycles. The molecule has 1 aliphatic heterocycles. The minimum Gasteiger partial charge on any atom is -0.481 e. The molecular weight excluding hydrogens is 248 g/mol. The van der Waals surface area contributed by atoms with Gasteiger partial charge in [-0.2, -0.15) is 0 Å². The molecule has 1 heterocycles. The minimum absolute atomic E-state index is 0.0144. The number of carbonyl (C=O) groups excluding carboxylic acids is 1. The summed E-state index contributed by atoms with van der Waals surface area (Å²) in [7, 11) is 0. The Bertz CT molecular complexity index is 407. The van der Waals surface area contributed by atoms with Crippen LogP contribution in [0.2, 0.25) is 0 Å². The Labute approximate surface area is 111 Å². The van der Waals surface area contributed by atoms with E-state index in [1.165, 1.54) is 0 Å². The Morgan fingerprint density at radius 1 is 1.32 bits per heavy atom. The lowest BCUT2D eigenvalue weighted by Crippen LogP contribution is -2.50. The zero-order chi connectivity index (χ0) is 13.7. The molecule has 5 heteroatoms. The number of aliphatic carboxylic acids is 1. The van der Waals surface area contributed by atoms with E-state index in [1.807, 2.05) is 0 Å². The van der Waals surface area contributed by atoms with Crippen molar-refractivity contribution in [2.45, 2.75) is 44.8 Å². The minimum atomic E-state index is -0.844. The largest absolute Gasteiger partial charge is 0.481 e. The summed E-state index contributed by atoms with van der Waals surface area (Å²) in [6.45, 7) is 1.79. The van der Waals surface area contributed by atoms with E-state index in [4.69, 9.17) is 4.74 Å². The van der Waals surface area contributed by atoms with Gasteiger partial charge < -0.3 is 14.9 Å². The molecule has 3 rings (SSSR count). The van der Waals surface area contributed by atoms with E-state index >= 15 is 0 Å². The number of carboxylic acids is 1. The highest BCUT2D eigenvalue weighted by Crippen LogP contribution is 2.53. The van der Waals surface area contributed by atoms with Crippen LogP contribution in [-0.4, -0.2) is 34.4 Å². The summed E-state index contributed by atoms with van der Waals surface area (Å²) in [6, 6.07) is 0. The Morgan fingerprint density at radius 3 is 2.74 bits per heavy atom. The maximum Gasteiger partial charge on any atom is 0.309 e. The number of aliphatic hydroxyl groups excluding tert-OH is 1. The van der Waals surface area contributed by atoms with Crippen LogP contribution in [0.4, 0.5) is 0 Å². The fourth-order valence-electron chi connectivity index (χ4n) is 4.61. The lowest BCUT2D eigenvalue weighted by atomic mass is 9.57. The SMILES string of the molecule is CC1OC(=O)C2CC3C(O)CCCC3C(C(=O)O)C12. The maximum atomic E-state index is 11.9. The number of hydrogen-bond donors (Lipinski definition) is 2. The Balaban J connectivity index is 1.96. The van der Waals surface area contributed by atoms with Crippen LogP contribution in [0.3, 0.4) is 0 Å². The molecule has 0 aromatic rings. The van der Waals surface area contributed by atoms with Crippen LogP contribution >= 0.6 is 0 Å². The molecule has 7 atom stereocenters. The van der Waals surface area contributed by atoms with Crippen LogP contribution in [-0.2, 0) is 14.3 Å². The van der Waals surface area contributed by atoms with Crippen LogP contribution in [0.5, 0.6) is 0 Å². The lowest BCUT2D eigenvalue weighted by Gasteiger charge is -2.46. The van der Waals surface area contributed by atoms with Gasteiger partial charge in [-0.05, 0) is 38.0 Å². The van der Waals surface area contributed by atoms with Crippen molar-refractivity contribution in [3.63, 3.8) is 0 Å². The van der Waals surface area contributed by atoms with Crippen molar-refractivity contribution in [3.05, 3.63) is 0 Å². The summed E-state index contributed by atoms with van der Waals surface area (Å²) in [5.74, 6) is -2.32. The van der Waals surface area contributed by atoms with Crippen molar-refractivity contribution < 1.29 is 24.5 Å². The predicted octanol–water partition coefficient (Wildman–Crippen LogP) is 1.05. The van der Waals surface area contributed by atoms with Gasteiger partial charge in [0.05, 0.1) is 17.9 Å². The summed E-state index contributed by atoms with van der Waals surface area (Å²) in [5.41, 5.74) is 0. The molecule has 0 aromatic carbocycles. The summed E-state index contributed by atoms with van der Waals surface area (Å²) in [4.78, 5) is 23.5. The summed E-state index contributed by atoms with van der Waals surface area (Å²) >= 11 is 0. The van der Waals surface area contributed by atoms with Gasteiger partial charge in [0.2, 0.25) is 0 Å². The van der Waals surface area contributed by atoms with Gasteiger partial charge >= 0.3 is 11.9 Å². The van der Waals surface area contributed by atoms with Crippen molar-refractivity contribution in [3.8, 4) is 0 Å². The molecule has 2 aliphatic carbocycles. The molecule has 19 heavy (non-hydrogen) atoms. The maximum absolute atomic E-state index is 11.9. The standard InChI is InChI=1S/C14H20O5/c1-6-11-9(14(18)19-6)5-8-7(12(11)13(16)17)3-2-4-10(8)15/h6-12,15H,2-5H2,1H3,(H,16,17). The van der Waals surface area contributed by atoms with E-state index in [-0.39, 0.29) is 35.7 Å². The first-order chi connectivity index (χ1) is 9.00. The second-order valence-corrected chi connectivity index (χ2v) is 6.25. The van der Waals surface area contributed by atoms with Gasteiger partial charge in [0.15, 0.2) is 0 Å². The van der Waals surface area contributed by atoms with Crippen molar-refractivity contribution in [1.82, 2.24) is 0 Å². The number of rotatable bonds is 1. The third-order valence-corrected chi connectivity index (χ3v) is 5.38. The van der Waals surface area contributed by atoms with E-state index < -0.39 is 18.0 Å². The number of aliphatic hydroxyl groups is 1. The first-order valence-electron chi connectivity index (χ1n) is 7.12. The highest BCUT2D eigenvalue weighted by molar-refractivity contribution is 5.79. The molecular formula is C14H20O5. The lowest BCUT2D eigenvalue weighted by molar-refractivity contribution is -0.156. The molecule has 0 radical (unpaired) electrons. The molecule has 7 unspecified atom stereocenters. The number of ether oxygens (including phenoxy) is 1. The van der Waals surface area contributed by atoms with E-state index in [0.717, 1.165) is 19.3 Å². The Morgan fingerprint density at radius 2 is 2.05 bits per heavy atom. The number of hydrogen-bond acceptors (Lipinski definition) is 4. The van der Waals surface area contributed by atoms with Crippen LogP contribution in [0.15, 0.2) is 0 Å². The first kappa shape index (κ1) is 12.9. The molecule has 3 aliphatic rings. The second-order valence-electron chi connectivity index (χ2n) is 6.25. The Kier molecular flexibility index (Phi) is 3.04. The van der Waals surface area contributed by atoms with Crippen LogP contribution < -0.4 is 0 Å². The zero-order valence-electron chi connectivity index (χ0n) is 11.0. The second kappa shape index (κ2) is 4.47. The fraction of sp³-hybridized carbons (Fsp3) is 0.857. The summed E-state index contributed by atoms with van der Waals surface area (Å²) < 4.78 is 5.25. The number of carbonyl (C=O) groups is 2. The monoisotopic (exact) mass is 268 g/mol. The number of cyclic esters (lactones) is 1.